The Morgan fingerprint density at radius 2 is 2.13 bits per heavy atom. The molecule has 0 fully saturated rings. The van der Waals surface area contributed by atoms with E-state index in [4.69, 9.17) is 5.73 Å². The maximum atomic E-state index is 5.99. The molecule has 1 aromatic heterocycles. The first-order chi connectivity index (χ1) is 7.09. The second-order valence-electron chi connectivity index (χ2n) is 4.91. The van der Waals surface area contributed by atoms with Crippen molar-refractivity contribution in [2.75, 3.05) is 0 Å². The lowest BCUT2D eigenvalue weighted by molar-refractivity contribution is 0.353. The Morgan fingerprint density at radius 3 is 2.80 bits per heavy atom. The van der Waals surface area contributed by atoms with Gasteiger partial charge in [0.1, 0.15) is 0 Å². The van der Waals surface area contributed by atoms with E-state index in [-0.39, 0.29) is 6.04 Å². The molecule has 0 amide bonds. The van der Waals surface area contributed by atoms with Crippen molar-refractivity contribution in [1.29, 1.82) is 0 Å². The van der Waals surface area contributed by atoms with Gasteiger partial charge in [-0.1, -0.05) is 19.1 Å². The first-order valence-corrected chi connectivity index (χ1v) is 5.78. The zero-order valence-corrected chi connectivity index (χ0v) is 9.77. The molecule has 1 heterocycles. The second-order valence-corrected chi connectivity index (χ2v) is 4.91. The van der Waals surface area contributed by atoms with Gasteiger partial charge >= 0.3 is 0 Å². The fraction of sp³-hybridized carbons (Fsp3) is 0.818. The summed E-state index contributed by atoms with van der Waals surface area (Å²) in [5, 5.41) is 8.52. The van der Waals surface area contributed by atoms with Gasteiger partial charge in [-0.15, -0.1) is 5.10 Å². The van der Waals surface area contributed by atoms with Crippen molar-refractivity contribution < 1.29 is 0 Å². The average Bonchev–Trinajstić information content (AvgIpc) is 2.59. The quantitative estimate of drug-likeness (QED) is 0.797. The lowest BCUT2D eigenvalue weighted by Gasteiger charge is -2.22. The van der Waals surface area contributed by atoms with Gasteiger partial charge in [0, 0.05) is 12.5 Å². The van der Waals surface area contributed by atoms with Crippen molar-refractivity contribution >= 4 is 0 Å². The zero-order valence-electron chi connectivity index (χ0n) is 9.77. The molecule has 15 heavy (non-hydrogen) atoms. The first-order valence-electron chi connectivity index (χ1n) is 5.78. The van der Waals surface area contributed by atoms with Gasteiger partial charge < -0.3 is 5.73 Å². The molecule has 0 aliphatic heterocycles. The summed E-state index contributed by atoms with van der Waals surface area (Å²) in [5.41, 5.74) is 8.40. The predicted molar refractivity (Wildman–Crippen MR) is 59.6 cm³/mol. The van der Waals surface area contributed by atoms with Crippen molar-refractivity contribution in [3.8, 4) is 0 Å². The number of nitrogens with two attached hydrogens (primary N) is 1. The molecule has 0 spiro atoms. The molecule has 0 saturated heterocycles. The molecule has 2 N–H and O–H groups in total. The summed E-state index contributed by atoms with van der Waals surface area (Å²) in [6.45, 7) is 6.61. The summed E-state index contributed by atoms with van der Waals surface area (Å²) in [5.74, 6) is 0.578. The molecule has 4 nitrogen and oxygen atoms in total. The van der Waals surface area contributed by atoms with E-state index in [1.165, 1.54) is 5.69 Å². The molecule has 0 unspecified atom stereocenters. The largest absolute Gasteiger partial charge is 0.327 e. The number of aromatic nitrogens is 3. The van der Waals surface area contributed by atoms with Gasteiger partial charge in [-0.25, -0.2) is 4.68 Å². The fourth-order valence-electron chi connectivity index (χ4n) is 2.03. The van der Waals surface area contributed by atoms with E-state index in [1.54, 1.807) is 0 Å². The van der Waals surface area contributed by atoms with Crippen LogP contribution in [0.15, 0.2) is 0 Å². The van der Waals surface area contributed by atoms with Crippen LogP contribution in [0.1, 0.15) is 44.6 Å². The van der Waals surface area contributed by atoms with E-state index in [2.05, 4.69) is 35.8 Å². The Bertz CT molecular complexity index is 342. The highest BCUT2D eigenvalue weighted by molar-refractivity contribution is 5.16. The SMILES string of the molecule is CC(C)[C@@H](C)n1nnc2c1C[C@H](N)CC2. The number of hydrogen-bond acceptors (Lipinski definition) is 3. The highest BCUT2D eigenvalue weighted by Gasteiger charge is 2.24. The smallest absolute Gasteiger partial charge is 0.0860 e. The van der Waals surface area contributed by atoms with E-state index in [9.17, 15) is 0 Å². The van der Waals surface area contributed by atoms with Crippen LogP contribution in [0, 0.1) is 5.92 Å². The molecular formula is C11H20N4. The monoisotopic (exact) mass is 208 g/mol. The van der Waals surface area contributed by atoms with Gasteiger partial charge in [-0.05, 0) is 25.7 Å². The summed E-state index contributed by atoms with van der Waals surface area (Å²) in [4.78, 5) is 0. The fourth-order valence-corrected chi connectivity index (χ4v) is 2.03. The van der Waals surface area contributed by atoms with E-state index >= 15 is 0 Å². The lowest BCUT2D eigenvalue weighted by atomic mass is 9.95. The van der Waals surface area contributed by atoms with Crippen LogP contribution < -0.4 is 5.73 Å². The Kier molecular flexibility index (Phi) is 2.78. The van der Waals surface area contributed by atoms with Crippen LogP contribution in [0.3, 0.4) is 0 Å². The van der Waals surface area contributed by atoms with Crippen molar-refractivity contribution in [2.24, 2.45) is 11.7 Å². The zero-order chi connectivity index (χ0) is 11.0. The van der Waals surface area contributed by atoms with Crippen LogP contribution in [0.5, 0.6) is 0 Å². The summed E-state index contributed by atoms with van der Waals surface area (Å²) in [7, 11) is 0. The van der Waals surface area contributed by atoms with Crippen molar-refractivity contribution in [3.05, 3.63) is 11.4 Å². The Morgan fingerprint density at radius 1 is 1.40 bits per heavy atom. The molecule has 0 bridgehead atoms. The third-order valence-electron chi connectivity index (χ3n) is 3.43. The molecule has 0 saturated carbocycles. The van der Waals surface area contributed by atoms with E-state index in [0.29, 0.717) is 12.0 Å². The molecule has 0 radical (unpaired) electrons. The second kappa shape index (κ2) is 3.93. The van der Waals surface area contributed by atoms with Crippen LogP contribution in [-0.2, 0) is 12.8 Å². The number of aryl methyl sites for hydroxylation is 1. The first kappa shape index (κ1) is 10.6. The molecule has 4 heteroatoms. The Hall–Kier alpha value is -0.900. The molecule has 84 valence electrons. The number of rotatable bonds is 2. The molecule has 2 atom stereocenters. The van der Waals surface area contributed by atoms with Gasteiger partial charge in [0.05, 0.1) is 17.4 Å². The van der Waals surface area contributed by atoms with Gasteiger partial charge in [0.25, 0.3) is 0 Å². The molecular weight excluding hydrogens is 188 g/mol. The normalized spacial score (nSPS) is 22.9. The third kappa shape index (κ3) is 1.91. The lowest BCUT2D eigenvalue weighted by Crippen LogP contribution is -2.30. The average molecular weight is 208 g/mol. The highest BCUT2D eigenvalue weighted by Crippen LogP contribution is 2.24. The van der Waals surface area contributed by atoms with Crippen molar-refractivity contribution in [1.82, 2.24) is 15.0 Å². The van der Waals surface area contributed by atoms with Crippen LogP contribution in [-0.4, -0.2) is 21.0 Å². The molecule has 1 aliphatic rings. The highest BCUT2D eigenvalue weighted by atomic mass is 15.4. The molecule has 1 aliphatic carbocycles. The van der Waals surface area contributed by atoms with Crippen LogP contribution >= 0.6 is 0 Å². The van der Waals surface area contributed by atoms with Crippen LogP contribution in [0.2, 0.25) is 0 Å². The minimum Gasteiger partial charge on any atom is -0.327 e. The number of nitrogens with zero attached hydrogens (tertiary/aromatic N) is 3. The number of fused-ring (bicyclic) bond motifs is 1. The maximum absolute atomic E-state index is 5.99. The predicted octanol–water partition coefficient (Wildman–Crippen LogP) is 1.31. The van der Waals surface area contributed by atoms with E-state index < -0.39 is 0 Å². The minimum atomic E-state index is 0.286. The molecule has 0 aromatic carbocycles. The Balaban J connectivity index is 2.30. The van der Waals surface area contributed by atoms with Gasteiger partial charge in [-0.3, -0.25) is 0 Å². The Labute approximate surface area is 90.8 Å². The third-order valence-corrected chi connectivity index (χ3v) is 3.43. The van der Waals surface area contributed by atoms with Crippen molar-refractivity contribution in [3.63, 3.8) is 0 Å². The standard InChI is InChI=1S/C11H20N4/c1-7(2)8(3)15-11-6-9(12)4-5-10(11)13-14-15/h7-9H,4-6,12H2,1-3H3/t8-,9-/m1/s1. The molecule has 1 aromatic rings. The maximum Gasteiger partial charge on any atom is 0.0860 e. The van der Waals surface area contributed by atoms with Crippen LogP contribution in [0.4, 0.5) is 0 Å². The summed E-state index contributed by atoms with van der Waals surface area (Å²) < 4.78 is 2.07. The van der Waals surface area contributed by atoms with Gasteiger partial charge in [-0.2, -0.15) is 0 Å². The van der Waals surface area contributed by atoms with Gasteiger partial charge in [0.15, 0.2) is 0 Å². The topological polar surface area (TPSA) is 56.7 Å². The van der Waals surface area contributed by atoms with E-state index in [1.807, 2.05) is 0 Å². The number of hydrogen-bond donors (Lipinski definition) is 1. The van der Waals surface area contributed by atoms with Crippen molar-refractivity contribution in [2.45, 2.75) is 52.1 Å². The van der Waals surface area contributed by atoms with Gasteiger partial charge in [0.2, 0.25) is 0 Å². The molecule has 2 rings (SSSR count). The summed E-state index contributed by atoms with van der Waals surface area (Å²) >= 11 is 0. The minimum absolute atomic E-state index is 0.286. The summed E-state index contributed by atoms with van der Waals surface area (Å²) in [6, 6.07) is 0.695. The summed E-state index contributed by atoms with van der Waals surface area (Å²) in [6.07, 6.45) is 2.96. The van der Waals surface area contributed by atoms with Crippen LogP contribution in [0.25, 0.3) is 0 Å². The van der Waals surface area contributed by atoms with E-state index in [0.717, 1.165) is 25.0 Å².